The van der Waals surface area contributed by atoms with E-state index in [2.05, 4.69) is 9.62 Å². The predicted molar refractivity (Wildman–Crippen MR) is 93.6 cm³/mol. The lowest BCUT2D eigenvalue weighted by atomic mass is 10.2. The second-order valence-electron chi connectivity index (χ2n) is 6.04. The van der Waals surface area contributed by atoms with Crippen LogP contribution < -0.4 is 4.72 Å². The molecule has 1 fully saturated rings. The van der Waals surface area contributed by atoms with Crippen LogP contribution in [0.1, 0.15) is 30.2 Å². The Morgan fingerprint density at radius 1 is 1.29 bits per heavy atom. The van der Waals surface area contributed by atoms with Crippen molar-refractivity contribution in [1.82, 2.24) is 9.62 Å². The number of furan rings is 1. The number of halogens is 1. The van der Waals surface area contributed by atoms with Crippen molar-refractivity contribution < 1.29 is 12.8 Å². The van der Waals surface area contributed by atoms with Crippen LogP contribution >= 0.6 is 11.6 Å². The summed E-state index contributed by atoms with van der Waals surface area (Å²) >= 11 is 5.95. The van der Waals surface area contributed by atoms with Crippen molar-refractivity contribution in [1.29, 1.82) is 0 Å². The SMILES string of the molecule is Cc1ccc(Cl)cc1S(=O)(=O)NC[C@@H](c1ccco1)N1CCCC1. The normalized spacial score (nSPS) is 17.2. The zero-order valence-electron chi connectivity index (χ0n) is 13.5. The maximum atomic E-state index is 12.7. The summed E-state index contributed by atoms with van der Waals surface area (Å²) in [6, 6.07) is 8.50. The molecule has 1 atom stereocenters. The summed E-state index contributed by atoms with van der Waals surface area (Å²) in [5.74, 6) is 0.780. The number of nitrogens with zero attached hydrogens (tertiary/aromatic N) is 1. The molecule has 1 saturated heterocycles. The molecular weight excluding hydrogens is 348 g/mol. The van der Waals surface area contributed by atoms with Gasteiger partial charge in [-0.2, -0.15) is 0 Å². The Morgan fingerprint density at radius 2 is 2.04 bits per heavy atom. The van der Waals surface area contributed by atoms with Crippen LogP contribution in [0.25, 0.3) is 0 Å². The van der Waals surface area contributed by atoms with E-state index in [-0.39, 0.29) is 17.5 Å². The van der Waals surface area contributed by atoms with Gasteiger partial charge >= 0.3 is 0 Å². The minimum atomic E-state index is -3.63. The van der Waals surface area contributed by atoms with Crippen LogP contribution in [0.5, 0.6) is 0 Å². The molecule has 1 aliphatic rings. The van der Waals surface area contributed by atoms with Gasteiger partial charge in [0.15, 0.2) is 0 Å². The molecule has 0 saturated carbocycles. The molecule has 0 amide bonds. The summed E-state index contributed by atoms with van der Waals surface area (Å²) in [7, 11) is -3.63. The van der Waals surface area contributed by atoms with Gasteiger partial charge in [-0.3, -0.25) is 4.90 Å². The van der Waals surface area contributed by atoms with Crippen molar-refractivity contribution in [2.24, 2.45) is 0 Å². The highest BCUT2D eigenvalue weighted by molar-refractivity contribution is 7.89. The van der Waals surface area contributed by atoms with Crippen LogP contribution in [-0.4, -0.2) is 33.0 Å². The monoisotopic (exact) mass is 368 g/mol. The van der Waals surface area contributed by atoms with Crippen molar-refractivity contribution in [3.63, 3.8) is 0 Å². The zero-order chi connectivity index (χ0) is 17.2. The van der Waals surface area contributed by atoms with Crippen LogP contribution in [0, 0.1) is 6.92 Å². The highest BCUT2D eigenvalue weighted by atomic mass is 35.5. The minimum absolute atomic E-state index is 0.100. The molecule has 24 heavy (non-hydrogen) atoms. The molecule has 1 aliphatic heterocycles. The van der Waals surface area contributed by atoms with Gasteiger partial charge in [0.05, 0.1) is 17.2 Å². The lowest BCUT2D eigenvalue weighted by Crippen LogP contribution is -2.36. The molecular formula is C17H21ClN2O3S. The summed E-state index contributed by atoms with van der Waals surface area (Å²) in [4.78, 5) is 2.47. The lowest BCUT2D eigenvalue weighted by molar-refractivity contribution is 0.216. The Morgan fingerprint density at radius 3 is 2.71 bits per heavy atom. The summed E-state index contributed by atoms with van der Waals surface area (Å²) < 4.78 is 33.6. The van der Waals surface area contributed by atoms with E-state index in [1.807, 2.05) is 12.1 Å². The standard InChI is InChI=1S/C17H21ClN2O3S/c1-13-6-7-14(18)11-17(13)24(21,22)19-12-15(16-5-4-10-23-16)20-8-2-3-9-20/h4-7,10-11,15,19H,2-3,8-9,12H2,1H3/t15-/m0/s1. The van der Waals surface area contributed by atoms with Crippen molar-refractivity contribution in [2.75, 3.05) is 19.6 Å². The quantitative estimate of drug-likeness (QED) is 0.849. The van der Waals surface area contributed by atoms with Gasteiger partial charge in [0, 0.05) is 11.6 Å². The molecule has 0 bridgehead atoms. The van der Waals surface area contributed by atoms with E-state index < -0.39 is 10.0 Å². The number of hydrogen-bond donors (Lipinski definition) is 1. The molecule has 1 N–H and O–H groups in total. The third-order valence-corrected chi connectivity index (χ3v) is 6.16. The summed E-state index contributed by atoms with van der Waals surface area (Å²) in [5, 5.41) is 0.406. The molecule has 2 heterocycles. The molecule has 0 aliphatic carbocycles. The van der Waals surface area contributed by atoms with Crippen molar-refractivity contribution >= 4 is 21.6 Å². The van der Waals surface area contributed by atoms with Crippen LogP contribution in [0.15, 0.2) is 45.9 Å². The Bertz CT molecular complexity index is 784. The first kappa shape index (κ1) is 17.5. The second-order valence-corrected chi connectivity index (χ2v) is 8.21. The molecule has 1 aromatic heterocycles. The van der Waals surface area contributed by atoms with E-state index in [0.717, 1.165) is 31.7 Å². The maximum absolute atomic E-state index is 12.7. The largest absolute Gasteiger partial charge is 0.468 e. The average molecular weight is 369 g/mol. The first-order valence-corrected chi connectivity index (χ1v) is 9.87. The Hall–Kier alpha value is -1.34. The fraction of sp³-hybridized carbons (Fsp3) is 0.412. The molecule has 0 spiro atoms. The van der Waals surface area contributed by atoms with Gasteiger partial charge in [0.1, 0.15) is 5.76 Å². The molecule has 2 aromatic rings. The smallest absolute Gasteiger partial charge is 0.240 e. The Kier molecular flexibility index (Phi) is 5.30. The fourth-order valence-electron chi connectivity index (χ4n) is 3.07. The third kappa shape index (κ3) is 3.83. The van der Waals surface area contributed by atoms with Gasteiger partial charge in [-0.05, 0) is 62.7 Å². The summed E-state index contributed by atoms with van der Waals surface area (Å²) in [6.07, 6.45) is 3.86. The topological polar surface area (TPSA) is 62.6 Å². The average Bonchev–Trinajstić information content (AvgIpc) is 3.23. The van der Waals surface area contributed by atoms with E-state index in [4.69, 9.17) is 16.0 Å². The number of sulfonamides is 1. The Labute approximate surface area is 147 Å². The number of aryl methyl sites for hydroxylation is 1. The van der Waals surface area contributed by atoms with Crippen molar-refractivity contribution in [3.8, 4) is 0 Å². The molecule has 7 heteroatoms. The van der Waals surface area contributed by atoms with E-state index in [0.29, 0.717) is 10.6 Å². The van der Waals surface area contributed by atoms with E-state index in [1.165, 1.54) is 6.07 Å². The van der Waals surface area contributed by atoms with E-state index in [9.17, 15) is 8.42 Å². The highest BCUT2D eigenvalue weighted by Crippen LogP contribution is 2.26. The molecule has 0 radical (unpaired) electrons. The minimum Gasteiger partial charge on any atom is -0.468 e. The molecule has 5 nitrogen and oxygen atoms in total. The van der Waals surface area contributed by atoms with Gasteiger partial charge in [-0.25, -0.2) is 13.1 Å². The van der Waals surface area contributed by atoms with Crippen molar-refractivity contribution in [2.45, 2.75) is 30.7 Å². The van der Waals surface area contributed by atoms with Gasteiger partial charge in [-0.15, -0.1) is 0 Å². The highest BCUT2D eigenvalue weighted by Gasteiger charge is 2.27. The van der Waals surface area contributed by atoms with Crippen LogP contribution in [0.2, 0.25) is 5.02 Å². The van der Waals surface area contributed by atoms with E-state index in [1.54, 1.807) is 25.3 Å². The predicted octanol–water partition coefficient (Wildman–Crippen LogP) is 3.36. The number of benzene rings is 1. The first-order chi connectivity index (χ1) is 11.5. The fourth-order valence-corrected chi connectivity index (χ4v) is 4.62. The zero-order valence-corrected chi connectivity index (χ0v) is 15.1. The summed E-state index contributed by atoms with van der Waals surface area (Å²) in [5.41, 5.74) is 0.669. The molecule has 3 rings (SSSR count). The van der Waals surface area contributed by atoms with Gasteiger partial charge < -0.3 is 4.42 Å². The van der Waals surface area contributed by atoms with Crippen molar-refractivity contribution in [3.05, 3.63) is 52.9 Å². The van der Waals surface area contributed by atoms with Crippen LogP contribution in [0.4, 0.5) is 0 Å². The third-order valence-electron chi connectivity index (χ3n) is 4.36. The number of nitrogens with one attached hydrogen (secondary N) is 1. The van der Waals surface area contributed by atoms with E-state index >= 15 is 0 Å². The first-order valence-electron chi connectivity index (χ1n) is 8.00. The molecule has 1 aromatic carbocycles. The van der Waals surface area contributed by atoms with Gasteiger partial charge in [0.25, 0.3) is 0 Å². The van der Waals surface area contributed by atoms with Gasteiger partial charge in [0.2, 0.25) is 10.0 Å². The van der Waals surface area contributed by atoms with Crippen LogP contribution in [0.3, 0.4) is 0 Å². The molecule has 0 unspecified atom stereocenters. The lowest BCUT2D eigenvalue weighted by Gasteiger charge is -2.26. The Balaban J connectivity index is 1.79. The second kappa shape index (κ2) is 7.27. The van der Waals surface area contributed by atoms with Crippen LogP contribution in [-0.2, 0) is 10.0 Å². The van der Waals surface area contributed by atoms with Gasteiger partial charge in [-0.1, -0.05) is 17.7 Å². The maximum Gasteiger partial charge on any atom is 0.240 e. The molecule has 130 valence electrons. The summed E-state index contributed by atoms with van der Waals surface area (Å²) in [6.45, 7) is 3.92. The number of hydrogen-bond acceptors (Lipinski definition) is 4. The number of likely N-dealkylation sites (tertiary alicyclic amines) is 1. The number of rotatable bonds is 6.